The van der Waals surface area contributed by atoms with E-state index >= 15 is 0 Å². The minimum Gasteiger partial charge on any atom is -0.396 e. The molecule has 0 atom stereocenters. The summed E-state index contributed by atoms with van der Waals surface area (Å²) in [5.41, 5.74) is 7.23. The monoisotopic (exact) mass is 189 g/mol. The molecule has 0 aromatic carbocycles. The lowest BCUT2D eigenvalue weighted by Crippen LogP contribution is -2.04. The zero-order valence-electron chi connectivity index (χ0n) is 7.88. The van der Waals surface area contributed by atoms with Crippen LogP contribution < -0.4 is 5.73 Å². The number of anilines is 1. The normalized spacial score (nSPS) is 10.4. The number of nitrogens with two attached hydrogens (primary N) is 1. The van der Waals surface area contributed by atoms with Crippen LogP contribution in [0, 0.1) is 6.92 Å². The fraction of sp³-hybridized carbons (Fsp3) is 0.222. The molecule has 0 saturated carbocycles. The molecule has 5 nitrogen and oxygen atoms in total. The standard InChI is InChI=1S/C9H11N5/c1-7-2-11-9(12-3-7)6-14-5-8(10)4-13-14/h2-5H,6,10H2,1H3. The van der Waals surface area contributed by atoms with Crippen LogP contribution in [0.15, 0.2) is 24.8 Å². The Morgan fingerprint density at radius 3 is 2.57 bits per heavy atom. The minimum absolute atomic E-state index is 0.553. The first-order valence-corrected chi connectivity index (χ1v) is 4.29. The van der Waals surface area contributed by atoms with Crippen molar-refractivity contribution in [3.05, 3.63) is 36.2 Å². The Morgan fingerprint density at radius 2 is 2.00 bits per heavy atom. The predicted octanol–water partition coefficient (Wildman–Crippen LogP) is 0.612. The van der Waals surface area contributed by atoms with Crippen molar-refractivity contribution in [3.63, 3.8) is 0 Å². The number of nitrogen functional groups attached to an aromatic ring is 1. The summed E-state index contributed by atoms with van der Waals surface area (Å²) in [4.78, 5) is 8.34. The molecule has 0 aliphatic heterocycles. The predicted molar refractivity (Wildman–Crippen MR) is 52.5 cm³/mol. The third kappa shape index (κ3) is 1.87. The van der Waals surface area contributed by atoms with Gasteiger partial charge in [0.1, 0.15) is 12.4 Å². The van der Waals surface area contributed by atoms with Crippen molar-refractivity contribution in [2.75, 3.05) is 5.73 Å². The molecule has 2 rings (SSSR count). The molecule has 0 radical (unpaired) electrons. The van der Waals surface area contributed by atoms with E-state index in [-0.39, 0.29) is 0 Å². The topological polar surface area (TPSA) is 69.6 Å². The second kappa shape index (κ2) is 3.45. The van der Waals surface area contributed by atoms with Crippen LogP contribution in [-0.2, 0) is 6.54 Å². The molecule has 5 heteroatoms. The van der Waals surface area contributed by atoms with E-state index in [1.54, 1.807) is 29.5 Å². The van der Waals surface area contributed by atoms with Gasteiger partial charge in [0.2, 0.25) is 0 Å². The van der Waals surface area contributed by atoms with Crippen LogP contribution in [0.25, 0.3) is 0 Å². The molecule has 0 fully saturated rings. The van der Waals surface area contributed by atoms with Crippen LogP contribution in [0.4, 0.5) is 5.69 Å². The highest BCUT2D eigenvalue weighted by molar-refractivity contribution is 5.30. The minimum atomic E-state index is 0.553. The van der Waals surface area contributed by atoms with Crippen molar-refractivity contribution < 1.29 is 0 Å². The number of aryl methyl sites for hydroxylation is 1. The summed E-state index contributed by atoms with van der Waals surface area (Å²) in [5, 5.41) is 4.05. The van der Waals surface area contributed by atoms with Crippen molar-refractivity contribution in [1.29, 1.82) is 0 Å². The van der Waals surface area contributed by atoms with Crippen LogP contribution >= 0.6 is 0 Å². The van der Waals surface area contributed by atoms with Gasteiger partial charge in [0, 0.05) is 18.6 Å². The first-order valence-electron chi connectivity index (χ1n) is 4.29. The molecule has 0 spiro atoms. The van der Waals surface area contributed by atoms with Crippen LogP contribution in [-0.4, -0.2) is 19.7 Å². The summed E-state index contributed by atoms with van der Waals surface area (Å²) >= 11 is 0. The summed E-state index contributed by atoms with van der Waals surface area (Å²) in [6, 6.07) is 0. The van der Waals surface area contributed by atoms with Gasteiger partial charge in [-0.3, -0.25) is 4.68 Å². The maximum absolute atomic E-state index is 5.53. The summed E-state index contributed by atoms with van der Waals surface area (Å²) in [5.74, 6) is 0.735. The van der Waals surface area contributed by atoms with Crippen LogP contribution in [0.2, 0.25) is 0 Å². The van der Waals surface area contributed by atoms with E-state index in [0.717, 1.165) is 11.4 Å². The van der Waals surface area contributed by atoms with Crippen molar-refractivity contribution in [2.24, 2.45) is 0 Å². The number of hydrogen-bond acceptors (Lipinski definition) is 4. The van der Waals surface area contributed by atoms with E-state index in [1.807, 2.05) is 6.92 Å². The highest BCUT2D eigenvalue weighted by Crippen LogP contribution is 2.00. The maximum Gasteiger partial charge on any atom is 0.149 e. The zero-order valence-corrected chi connectivity index (χ0v) is 7.88. The van der Waals surface area contributed by atoms with Crippen LogP contribution in [0.1, 0.15) is 11.4 Å². The third-order valence-electron chi connectivity index (χ3n) is 1.79. The van der Waals surface area contributed by atoms with Gasteiger partial charge >= 0.3 is 0 Å². The number of hydrogen-bond donors (Lipinski definition) is 1. The van der Waals surface area contributed by atoms with Crippen molar-refractivity contribution in [3.8, 4) is 0 Å². The lowest BCUT2D eigenvalue weighted by Gasteiger charge is -1.99. The van der Waals surface area contributed by atoms with Gasteiger partial charge in [-0.1, -0.05) is 0 Å². The van der Waals surface area contributed by atoms with Gasteiger partial charge in [0.25, 0.3) is 0 Å². The summed E-state index contributed by atoms with van der Waals surface area (Å²) in [6.45, 7) is 2.51. The molecule has 0 saturated heterocycles. The van der Waals surface area contributed by atoms with Gasteiger partial charge in [-0.25, -0.2) is 9.97 Å². The first-order chi connectivity index (χ1) is 6.74. The molecule has 2 N–H and O–H groups in total. The third-order valence-corrected chi connectivity index (χ3v) is 1.79. The second-order valence-electron chi connectivity index (χ2n) is 3.15. The summed E-state index contributed by atoms with van der Waals surface area (Å²) in [6.07, 6.45) is 6.93. The van der Waals surface area contributed by atoms with Gasteiger partial charge in [0.05, 0.1) is 11.9 Å². The number of nitrogens with zero attached hydrogens (tertiary/aromatic N) is 4. The van der Waals surface area contributed by atoms with Crippen molar-refractivity contribution in [2.45, 2.75) is 13.5 Å². The molecule has 0 bridgehead atoms. The molecule has 0 unspecified atom stereocenters. The Labute approximate surface area is 81.6 Å². The van der Waals surface area contributed by atoms with Gasteiger partial charge in [-0.15, -0.1) is 0 Å². The van der Waals surface area contributed by atoms with Crippen molar-refractivity contribution >= 4 is 5.69 Å². The highest BCUT2D eigenvalue weighted by Gasteiger charge is 1.98. The average Bonchev–Trinajstić information content (AvgIpc) is 2.56. The Kier molecular flexibility index (Phi) is 2.14. The molecule has 2 aromatic rings. The molecule has 0 amide bonds. The summed E-state index contributed by atoms with van der Waals surface area (Å²) in [7, 11) is 0. The maximum atomic E-state index is 5.53. The van der Waals surface area contributed by atoms with E-state index in [2.05, 4.69) is 15.1 Å². The molecule has 0 aliphatic carbocycles. The van der Waals surface area contributed by atoms with Gasteiger partial charge in [0.15, 0.2) is 0 Å². The smallest absolute Gasteiger partial charge is 0.149 e. The first kappa shape index (κ1) is 8.68. The Morgan fingerprint density at radius 1 is 1.29 bits per heavy atom. The van der Waals surface area contributed by atoms with E-state index in [4.69, 9.17) is 5.73 Å². The molecular weight excluding hydrogens is 178 g/mol. The van der Waals surface area contributed by atoms with E-state index in [1.165, 1.54) is 0 Å². The second-order valence-corrected chi connectivity index (χ2v) is 3.15. The molecule has 72 valence electrons. The van der Waals surface area contributed by atoms with Crippen LogP contribution in [0.5, 0.6) is 0 Å². The lowest BCUT2D eigenvalue weighted by atomic mass is 10.4. The fourth-order valence-electron chi connectivity index (χ4n) is 1.11. The summed E-state index contributed by atoms with van der Waals surface area (Å²) < 4.78 is 1.71. The Bertz CT molecular complexity index is 417. The number of aromatic nitrogens is 4. The quantitative estimate of drug-likeness (QED) is 0.751. The van der Waals surface area contributed by atoms with Crippen LogP contribution in [0.3, 0.4) is 0 Å². The van der Waals surface area contributed by atoms with Gasteiger partial charge in [-0.2, -0.15) is 5.10 Å². The SMILES string of the molecule is Cc1cnc(Cn2cc(N)cn2)nc1. The highest BCUT2D eigenvalue weighted by atomic mass is 15.3. The molecule has 0 aliphatic rings. The molecular formula is C9H11N5. The average molecular weight is 189 g/mol. The van der Waals surface area contributed by atoms with Crippen molar-refractivity contribution in [1.82, 2.24) is 19.7 Å². The van der Waals surface area contributed by atoms with E-state index in [9.17, 15) is 0 Å². The zero-order chi connectivity index (χ0) is 9.97. The molecule has 2 heterocycles. The Balaban J connectivity index is 2.15. The number of rotatable bonds is 2. The molecule has 2 aromatic heterocycles. The van der Waals surface area contributed by atoms with E-state index in [0.29, 0.717) is 12.2 Å². The Hall–Kier alpha value is -1.91. The van der Waals surface area contributed by atoms with Gasteiger partial charge in [-0.05, 0) is 12.5 Å². The van der Waals surface area contributed by atoms with Gasteiger partial charge < -0.3 is 5.73 Å². The largest absolute Gasteiger partial charge is 0.396 e. The fourth-order valence-corrected chi connectivity index (χ4v) is 1.11. The molecule has 14 heavy (non-hydrogen) atoms. The lowest BCUT2D eigenvalue weighted by molar-refractivity contribution is 0.654. The van der Waals surface area contributed by atoms with E-state index < -0.39 is 0 Å².